The lowest BCUT2D eigenvalue weighted by Crippen LogP contribution is -2.47. The number of amides is 1. The second-order valence-corrected chi connectivity index (χ2v) is 11.1. The van der Waals surface area contributed by atoms with E-state index in [0.717, 1.165) is 42.6 Å². The van der Waals surface area contributed by atoms with Crippen molar-refractivity contribution in [1.82, 2.24) is 14.8 Å². The standard InChI is InChI=1S/C28H34N4O4S/c1-18-3-5-21(6-4-18)27(33)32(23-11-13-36-14-12-23)26-24(28(34)35)15-31(30-26)22-9-7-20(8-10-22)19(2)25-16-37-17-29-25/h7-10,15-19,21,23H,3-6,11-14H2,1-2H3,(H,34,35)/t18-,19?,21-. The van der Waals surface area contributed by atoms with Gasteiger partial charge >= 0.3 is 5.97 Å². The van der Waals surface area contributed by atoms with Crippen molar-refractivity contribution in [2.75, 3.05) is 18.1 Å². The predicted octanol–water partition coefficient (Wildman–Crippen LogP) is 5.52. The Morgan fingerprint density at radius 2 is 1.81 bits per heavy atom. The van der Waals surface area contributed by atoms with E-state index in [1.165, 1.54) is 6.20 Å². The SMILES string of the molecule is CC(c1ccc(-n2cc(C(=O)O)c(N(C(=O)[C@H]3CC[C@H](C)CC3)C3CCOCC3)n2)cc1)c1cscn1. The van der Waals surface area contributed by atoms with Crippen LogP contribution in [-0.4, -0.2) is 51.0 Å². The van der Waals surface area contributed by atoms with E-state index in [0.29, 0.717) is 32.0 Å². The number of carboxylic acid groups (broad SMARTS) is 1. The van der Waals surface area contributed by atoms with Crippen molar-refractivity contribution in [1.29, 1.82) is 0 Å². The van der Waals surface area contributed by atoms with Crippen LogP contribution in [0.2, 0.25) is 0 Å². The number of aromatic carboxylic acids is 1. The molecule has 0 radical (unpaired) electrons. The molecule has 1 saturated carbocycles. The molecule has 2 aliphatic rings. The Hall–Kier alpha value is -3.04. The predicted molar refractivity (Wildman–Crippen MR) is 143 cm³/mol. The summed E-state index contributed by atoms with van der Waals surface area (Å²) in [6.07, 6.45) is 6.57. The molecule has 1 aliphatic carbocycles. The maximum absolute atomic E-state index is 13.9. The number of carbonyl (C=O) groups is 2. The molecule has 37 heavy (non-hydrogen) atoms. The zero-order chi connectivity index (χ0) is 25.9. The van der Waals surface area contributed by atoms with E-state index >= 15 is 0 Å². The molecule has 1 amide bonds. The van der Waals surface area contributed by atoms with E-state index in [1.807, 2.05) is 35.2 Å². The highest BCUT2D eigenvalue weighted by molar-refractivity contribution is 7.07. The number of nitrogens with zero attached hydrogens (tertiary/aromatic N) is 4. The summed E-state index contributed by atoms with van der Waals surface area (Å²) in [6, 6.07) is 7.79. The van der Waals surface area contributed by atoms with Crippen molar-refractivity contribution < 1.29 is 19.4 Å². The van der Waals surface area contributed by atoms with E-state index in [4.69, 9.17) is 9.84 Å². The van der Waals surface area contributed by atoms with Crippen molar-refractivity contribution >= 4 is 29.0 Å². The molecule has 9 heteroatoms. The first-order chi connectivity index (χ1) is 17.9. The lowest BCUT2D eigenvalue weighted by Gasteiger charge is -2.37. The zero-order valence-corrected chi connectivity index (χ0v) is 22.2. The van der Waals surface area contributed by atoms with Crippen LogP contribution in [0.15, 0.2) is 41.4 Å². The highest BCUT2D eigenvalue weighted by Gasteiger charge is 2.37. The summed E-state index contributed by atoms with van der Waals surface area (Å²) in [4.78, 5) is 32.4. The molecule has 2 fully saturated rings. The smallest absolute Gasteiger partial charge is 0.341 e. The summed E-state index contributed by atoms with van der Waals surface area (Å²) in [6.45, 7) is 5.45. The first kappa shape index (κ1) is 25.6. The summed E-state index contributed by atoms with van der Waals surface area (Å²) in [5.74, 6) is -0.171. The van der Waals surface area contributed by atoms with Crippen LogP contribution in [0.1, 0.15) is 79.9 Å². The third-order valence-corrected chi connectivity index (χ3v) is 8.47. The topological polar surface area (TPSA) is 97.6 Å². The summed E-state index contributed by atoms with van der Waals surface area (Å²) in [7, 11) is 0. The monoisotopic (exact) mass is 522 g/mol. The Balaban J connectivity index is 1.47. The van der Waals surface area contributed by atoms with Crippen LogP contribution in [0.25, 0.3) is 5.69 Å². The van der Waals surface area contributed by atoms with Gasteiger partial charge in [-0.25, -0.2) is 14.5 Å². The molecule has 0 bridgehead atoms. The Kier molecular flexibility index (Phi) is 7.71. The first-order valence-electron chi connectivity index (χ1n) is 13.1. The molecule has 1 saturated heterocycles. The largest absolute Gasteiger partial charge is 0.477 e. The number of benzene rings is 1. The van der Waals surface area contributed by atoms with E-state index in [2.05, 4.69) is 18.8 Å². The van der Waals surface area contributed by atoms with Crippen molar-refractivity contribution in [3.05, 3.63) is 58.2 Å². The van der Waals surface area contributed by atoms with Gasteiger partial charge in [-0.15, -0.1) is 16.4 Å². The molecule has 196 valence electrons. The van der Waals surface area contributed by atoms with Gasteiger partial charge in [-0.2, -0.15) is 0 Å². The maximum atomic E-state index is 13.9. The van der Waals surface area contributed by atoms with Crippen molar-refractivity contribution in [3.8, 4) is 5.69 Å². The minimum absolute atomic E-state index is 0.000939. The summed E-state index contributed by atoms with van der Waals surface area (Å²) in [5.41, 5.74) is 4.76. The van der Waals surface area contributed by atoms with Crippen LogP contribution in [0.4, 0.5) is 5.82 Å². The van der Waals surface area contributed by atoms with Crippen molar-refractivity contribution in [3.63, 3.8) is 0 Å². The normalized spacial score (nSPS) is 21.5. The summed E-state index contributed by atoms with van der Waals surface area (Å²) in [5, 5.41) is 16.9. The molecule has 1 aromatic carbocycles. The fourth-order valence-corrected chi connectivity index (χ4v) is 6.10. The minimum atomic E-state index is -1.09. The molecule has 1 atom stereocenters. The minimum Gasteiger partial charge on any atom is -0.477 e. The molecule has 3 aromatic rings. The second kappa shape index (κ2) is 11.1. The Labute approximate surface area is 221 Å². The fourth-order valence-electron chi connectivity index (χ4n) is 5.45. The molecular formula is C28H34N4O4S. The number of thiazole rings is 1. The first-order valence-corrected chi connectivity index (χ1v) is 14.1. The quantitative estimate of drug-likeness (QED) is 0.439. The van der Waals surface area contributed by atoms with Gasteiger partial charge in [-0.05, 0) is 62.1 Å². The van der Waals surface area contributed by atoms with Crippen molar-refractivity contribution in [2.45, 2.75) is 64.3 Å². The third-order valence-electron chi connectivity index (χ3n) is 7.86. The summed E-state index contributed by atoms with van der Waals surface area (Å²) >= 11 is 1.58. The van der Waals surface area contributed by atoms with Gasteiger partial charge in [0.25, 0.3) is 0 Å². The third kappa shape index (κ3) is 5.48. The van der Waals surface area contributed by atoms with Gasteiger partial charge in [0, 0.05) is 42.7 Å². The van der Waals surface area contributed by atoms with E-state index < -0.39 is 5.97 Å². The van der Waals surface area contributed by atoms with Gasteiger partial charge in [-0.3, -0.25) is 9.69 Å². The number of carbonyl (C=O) groups excluding carboxylic acids is 1. The molecule has 3 heterocycles. The van der Waals surface area contributed by atoms with Crippen LogP contribution in [0.3, 0.4) is 0 Å². The number of anilines is 1. The molecule has 1 aliphatic heterocycles. The highest BCUT2D eigenvalue weighted by Crippen LogP contribution is 2.34. The molecule has 1 N–H and O–H groups in total. The number of hydrogen-bond donors (Lipinski definition) is 1. The average Bonchev–Trinajstić information content (AvgIpc) is 3.61. The Morgan fingerprint density at radius 3 is 2.43 bits per heavy atom. The highest BCUT2D eigenvalue weighted by atomic mass is 32.1. The number of hydrogen-bond acceptors (Lipinski definition) is 6. The van der Waals surface area contributed by atoms with E-state index in [9.17, 15) is 14.7 Å². The molecule has 1 unspecified atom stereocenters. The number of ether oxygens (including phenoxy) is 1. The van der Waals surface area contributed by atoms with Crippen LogP contribution in [0, 0.1) is 11.8 Å². The van der Waals surface area contributed by atoms with Gasteiger partial charge in [0.15, 0.2) is 5.82 Å². The molecular weight excluding hydrogens is 488 g/mol. The fraction of sp³-hybridized carbons (Fsp3) is 0.500. The molecule has 8 nitrogen and oxygen atoms in total. The van der Waals surface area contributed by atoms with Crippen LogP contribution < -0.4 is 4.90 Å². The average molecular weight is 523 g/mol. The summed E-state index contributed by atoms with van der Waals surface area (Å²) < 4.78 is 7.13. The van der Waals surface area contributed by atoms with Gasteiger partial charge < -0.3 is 9.84 Å². The number of rotatable bonds is 7. The molecule has 0 spiro atoms. The lowest BCUT2D eigenvalue weighted by atomic mass is 9.82. The molecule has 2 aromatic heterocycles. The van der Waals surface area contributed by atoms with Crippen LogP contribution in [-0.2, 0) is 9.53 Å². The molecule has 5 rings (SSSR count). The Bertz CT molecular complexity index is 1210. The van der Waals surface area contributed by atoms with E-state index in [-0.39, 0.29) is 35.2 Å². The maximum Gasteiger partial charge on any atom is 0.341 e. The van der Waals surface area contributed by atoms with Crippen LogP contribution in [0.5, 0.6) is 0 Å². The lowest BCUT2D eigenvalue weighted by molar-refractivity contribution is -0.124. The number of carboxylic acids is 1. The zero-order valence-electron chi connectivity index (χ0n) is 21.4. The van der Waals surface area contributed by atoms with Crippen LogP contribution >= 0.6 is 11.3 Å². The van der Waals surface area contributed by atoms with Gasteiger partial charge in [0.05, 0.1) is 16.9 Å². The van der Waals surface area contributed by atoms with Gasteiger partial charge in [-0.1, -0.05) is 26.0 Å². The van der Waals surface area contributed by atoms with Crippen molar-refractivity contribution in [2.24, 2.45) is 11.8 Å². The number of aromatic nitrogens is 3. The van der Waals surface area contributed by atoms with E-state index in [1.54, 1.807) is 20.9 Å². The van der Waals surface area contributed by atoms with Gasteiger partial charge in [0.1, 0.15) is 5.56 Å². The van der Waals surface area contributed by atoms with Gasteiger partial charge in [0.2, 0.25) is 5.91 Å². The Morgan fingerprint density at radius 1 is 1.11 bits per heavy atom. The second-order valence-electron chi connectivity index (χ2n) is 10.4.